The molecule has 2 N–H and O–H groups in total. The Morgan fingerprint density at radius 1 is 1.26 bits per heavy atom. The third-order valence-corrected chi connectivity index (χ3v) is 7.41. The van der Waals surface area contributed by atoms with Crippen LogP contribution in [0.1, 0.15) is 10.6 Å². The van der Waals surface area contributed by atoms with E-state index < -0.39 is 0 Å². The second-order valence-electron chi connectivity index (χ2n) is 8.25. The van der Waals surface area contributed by atoms with Gasteiger partial charge in [-0.2, -0.15) is 4.98 Å². The van der Waals surface area contributed by atoms with E-state index in [0.29, 0.717) is 47.4 Å². The Morgan fingerprint density at radius 2 is 2.12 bits per heavy atom. The van der Waals surface area contributed by atoms with Gasteiger partial charge in [0.15, 0.2) is 0 Å². The molecule has 0 radical (unpaired) electrons. The first-order chi connectivity index (χ1) is 16.4. The fraction of sp³-hybridized carbons (Fsp3) is 0.333. The second-order valence-corrected chi connectivity index (χ2v) is 9.86. The molecule has 0 unspecified atom stereocenters. The molecule has 0 bridgehead atoms. The van der Waals surface area contributed by atoms with Crippen LogP contribution in [0.2, 0.25) is 5.02 Å². The van der Waals surface area contributed by atoms with Crippen LogP contribution in [-0.2, 0) is 11.3 Å². The molecule has 10 heteroatoms. The van der Waals surface area contributed by atoms with E-state index in [0.717, 1.165) is 28.2 Å². The third-order valence-electron chi connectivity index (χ3n) is 5.98. The number of pyridine rings is 1. The smallest absolute Gasteiger partial charge is 0.260 e. The van der Waals surface area contributed by atoms with E-state index in [1.165, 1.54) is 4.88 Å². The Kier molecular flexibility index (Phi) is 6.35. The van der Waals surface area contributed by atoms with Crippen molar-refractivity contribution in [2.75, 3.05) is 32.1 Å². The van der Waals surface area contributed by atoms with Gasteiger partial charge < -0.3 is 15.4 Å². The normalized spacial score (nSPS) is 16.2. The van der Waals surface area contributed by atoms with Crippen molar-refractivity contribution >= 4 is 39.9 Å². The summed E-state index contributed by atoms with van der Waals surface area (Å²) in [5, 5.41) is 8.42. The highest BCUT2D eigenvalue weighted by molar-refractivity contribution is 7.15. The Labute approximate surface area is 206 Å². The van der Waals surface area contributed by atoms with Crippen molar-refractivity contribution in [3.05, 3.63) is 56.4 Å². The predicted octanol–water partition coefficient (Wildman–Crippen LogP) is 3.88. The molecule has 1 atom stereocenters. The molecule has 4 aromatic rings. The number of nitrogens with one attached hydrogen (secondary N) is 2. The van der Waals surface area contributed by atoms with E-state index in [1.54, 1.807) is 29.1 Å². The van der Waals surface area contributed by atoms with Gasteiger partial charge in [-0.1, -0.05) is 23.7 Å². The van der Waals surface area contributed by atoms with Crippen LogP contribution in [0.3, 0.4) is 0 Å². The van der Waals surface area contributed by atoms with Gasteiger partial charge in [-0.05, 0) is 26.0 Å². The van der Waals surface area contributed by atoms with Gasteiger partial charge in [-0.15, -0.1) is 11.3 Å². The lowest BCUT2D eigenvalue weighted by Gasteiger charge is -2.25. The zero-order valence-corrected chi connectivity index (χ0v) is 20.8. The highest BCUT2D eigenvalue weighted by Gasteiger charge is 2.21. The minimum absolute atomic E-state index is 0.132. The SMILES string of the molecule is CNc1ncc2cc(-c3ccc(-c4nc(C)c(C)s4)cc3Cl)c(=O)n(C[C@H]3CNCCO3)c2n1. The van der Waals surface area contributed by atoms with E-state index in [2.05, 4.69) is 32.5 Å². The van der Waals surface area contributed by atoms with Crippen LogP contribution in [0.5, 0.6) is 0 Å². The van der Waals surface area contributed by atoms with Gasteiger partial charge in [-0.3, -0.25) is 9.36 Å². The summed E-state index contributed by atoms with van der Waals surface area (Å²) < 4.78 is 7.54. The van der Waals surface area contributed by atoms with Crippen molar-refractivity contribution in [1.82, 2.24) is 24.8 Å². The first-order valence-corrected chi connectivity index (χ1v) is 12.3. The topological polar surface area (TPSA) is 94.0 Å². The number of aromatic nitrogens is 4. The molecule has 3 aromatic heterocycles. The van der Waals surface area contributed by atoms with Crippen LogP contribution >= 0.6 is 22.9 Å². The summed E-state index contributed by atoms with van der Waals surface area (Å²) in [5.41, 5.74) is 3.50. The number of nitrogens with zero attached hydrogens (tertiary/aromatic N) is 4. The van der Waals surface area contributed by atoms with Gasteiger partial charge in [0, 0.05) is 58.3 Å². The zero-order chi connectivity index (χ0) is 23.8. The third kappa shape index (κ3) is 4.32. The largest absolute Gasteiger partial charge is 0.374 e. The Hall–Kier alpha value is -2.85. The number of ether oxygens (including phenoxy) is 1. The van der Waals surface area contributed by atoms with E-state index >= 15 is 0 Å². The number of anilines is 1. The van der Waals surface area contributed by atoms with Gasteiger partial charge in [-0.25, -0.2) is 9.97 Å². The molecule has 5 rings (SSSR count). The van der Waals surface area contributed by atoms with Crippen LogP contribution in [-0.4, -0.2) is 52.4 Å². The summed E-state index contributed by atoms with van der Waals surface area (Å²) >= 11 is 8.36. The van der Waals surface area contributed by atoms with Crippen LogP contribution < -0.4 is 16.2 Å². The molecular weight excluding hydrogens is 472 g/mol. The number of hydrogen-bond donors (Lipinski definition) is 2. The fourth-order valence-electron chi connectivity index (χ4n) is 4.05. The molecule has 1 aromatic carbocycles. The molecule has 1 aliphatic rings. The zero-order valence-electron chi connectivity index (χ0n) is 19.2. The summed E-state index contributed by atoms with van der Waals surface area (Å²) in [5.74, 6) is 0.451. The average molecular weight is 497 g/mol. The van der Waals surface area contributed by atoms with Crippen molar-refractivity contribution < 1.29 is 4.74 Å². The maximum atomic E-state index is 13.7. The first-order valence-electron chi connectivity index (χ1n) is 11.1. The van der Waals surface area contributed by atoms with E-state index in [4.69, 9.17) is 16.3 Å². The van der Waals surface area contributed by atoms with Crippen molar-refractivity contribution in [2.24, 2.45) is 0 Å². The Balaban J connectivity index is 1.63. The summed E-state index contributed by atoms with van der Waals surface area (Å²) in [4.78, 5) is 28.5. The lowest BCUT2D eigenvalue weighted by Crippen LogP contribution is -2.42. The monoisotopic (exact) mass is 496 g/mol. The predicted molar refractivity (Wildman–Crippen MR) is 137 cm³/mol. The summed E-state index contributed by atoms with van der Waals surface area (Å²) in [6.07, 6.45) is 1.59. The highest BCUT2D eigenvalue weighted by atomic mass is 35.5. The molecule has 8 nitrogen and oxygen atoms in total. The average Bonchev–Trinajstić information content (AvgIpc) is 3.19. The van der Waals surface area contributed by atoms with Gasteiger partial charge >= 0.3 is 0 Å². The molecule has 0 spiro atoms. The van der Waals surface area contributed by atoms with Gasteiger partial charge in [0.1, 0.15) is 10.7 Å². The van der Waals surface area contributed by atoms with E-state index in [9.17, 15) is 4.79 Å². The van der Waals surface area contributed by atoms with Crippen LogP contribution in [0.25, 0.3) is 32.7 Å². The number of hydrogen-bond acceptors (Lipinski definition) is 8. The number of thiazole rings is 1. The van der Waals surface area contributed by atoms with Gasteiger partial charge in [0.2, 0.25) is 5.95 Å². The molecule has 176 valence electrons. The highest BCUT2D eigenvalue weighted by Crippen LogP contribution is 2.34. The van der Waals surface area contributed by atoms with Crippen LogP contribution in [0, 0.1) is 13.8 Å². The lowest BCUT2D eigenvalue weighted by atomic mass is 10.0. The maximum Gasteiger partial charge on any atom is 0.260 e. The Bertz CT molecular complexity index is 1410. The number of aryl methyl sites for hydroxylation is 2. The molecular formula is C24H25ClN6O2S. The van der Waals surface area contributed by atoms with Crippen molar-refractivity contribution in [2.45, 2.75) is 26.5 Å². The quantitative estimate of drug-likeness (QED) is 0.433. The summed E-state index contributed by atoms with van der Waals surface area (Å²) in [6.45, 7) is 6.51. The first kappa shape index (κ1) is 22.9. The second kappa shape index (κ2) is 9.42. The fourth-order valence-corrected chi connectivity index (χ4v) is 5.24. The molecule has 34 heavy (non-hydrogen) atoms. The van der Waals surface area contributed by atoms with Crippen LogP contribution in [0.15, 0.2) is 35.3 Å². The van der Waals surface area contributed by atoms with E-state index in [-0.39, 0.29) is 11.7 Å². The Morgan fingerprint density at radius 3 is 2.79 bits per heavy atom. The van der Waals surface area contributed by atoms with E-state index in [1.807, 2.05) is 31.2 Å². The molecule has 1 saturated heterocycles. The number of rotatable bonds is 5. The molecule has 4 heterocycles. The molecule has 0 aliphatic carbocycles. The molecule has 1 aliphatic heterocycles. The molecule has 1 fully saturated rings. The van der Waals surface area contributed by atoms with Crippen molar-refractivity contribution in [3.8, 4) is 21.7 Å². The van der Waals surface area contributed by atoms with Gasteiger partial charge in [0.05, 0.1) is 24.9 Å². The standard InChI is InChI=1S/C24H25ClN6O2S/c1-13-14(2)34-22(29-13)15-4-5-18(20(25)9-15)19-8-16-10-28-24(26-3)30-21(16)31(23(19)32)12-17-11-27-6-7-33-17/h4-5,8-10,17,27H,6-7,11-12H2,1-3H3,(H,26,28,30)/t17-/m1/s1. The minimum Gasteiger partial charge on any atom is -0.374 e. The molecule has 0 amide bonds. The lowest BCUT2D eigenvalue weighted by molar-refractivity contribution is 0.0183. The van der Waals surface area contributed by atoms with Crippen LogP contribution in [0.4, 0.5) is 5.95 Å². The minimum atomic E-state index is -0.169. The summed E-state index contributed by atoms with van der Waals surface area (Å²) in [6, 6.07) is 7.53. The van der Waals surface area contributed by atoms with Gasteiger partial charge in [0.25, 0.3) is 5.56 Å². The number of fused-ring (bicyclic) bond motifs is 1. The maximum absolute atomic E-state index is 13.7. The number of morpholine rings is 1. The van der Waals surface area contributed by atoms with Crippen molar-refractivity contribution in [1.29, 1.82) is 0 Å². The van der Waals surface area contributed by atoms with Crippen molar-refractivity contribution in [3.63, 3.8) is 0 Å². The number of benzene rings is 1. The summed E-state index contributed by atoms with van der Waals surface area (Å²) in [7, 11) is 1.75. The molecule has 0 saturated carbocycles. The number of halogens is 1.